The van der Waals surface area contributed by atoms with Crippen LogP contribution in [0.3, 0.4) is 0 Å². The van der Waals surface area contributed by atoms with Gasteiger partial charge in [-0.25, -0.2) is 0 Å². The summed E-state index contributed by atoms with van der Waals surface area (Å²) in [7, 11) is 1.59. The van der Waals surface area contributed by atoms with Crippen LogP contribution in [0.4, 0.5) is 0 Å². The predicted molar refractivity (Wildman–Crippen MR) is 88.6 cm³/mol. The third kappa shape index (κ3) is 2.76. The summed E-state index contributed by atoms with van der Waals surface area (Å²) in [6, 6.07) is 19.6. The van der Waals surface area contributed by atoms with Gasteiger partial charge in [0.25, 0.3) is 0 Å². The molecule has 3 rings (SSSR count). The Morgan fingerprint density at radius 3 is 2.17 bits per heavy atom. The van der Waals surface area contributed by atoms with Crippen molar-refractivity contribution in [2.24, 2.45) is 0 Å². The van der Waals surface area contributed by atoms with E-state index in [2.05, 4.69) is 4.98 Å². The first-order chi connectivity index (χ1) is 11.1. The van der Waals surface area contributed by atoms with E-state index >= 15 is 0 Å². The van der Waals surface area contributed by atoms with Gasteiger partial charge in [-0.3, -0.25) is 4.79 Å². The Balaban J connectivity index is 2.23. The van der Waals surface area contributed by atoms with Crippen LogP contribution in [0.1, 0.15) is 16.7 Å². The number of nitrogens with one attached hydrogen (secondary N) is 1. The predicted octanol–water partition coefficient (Wildman–Crippen LogP) is 2.67. The van der Waals surface area contributed by atoms with E-state index in [1.807, 2.05) is 30.3 Å². The van der Waals surface area contributed by atoms with Gasteiger partial charge in [0.15, 0.2) is 0 Å². The lowest BCUT2D eigenvalue weighted by atomic mass is 9.81. The average molecular weight is 307 g/mol. The molecule has 4 heteroatoms. The minimum atomic E-state index is -1.41. The number of aliphatic hydroxyl groups is 1. The van der Waals surface area contributed by atoms with Gasteiger partial charge in [-0.05, 0) is 34.9 Å². The third-order valence-corrected chi connectivity index (χ3v) is 3.89. The first-order valence-corrected chi connectivity index (χ1v) is 7.26. The molecule has 0 bridgehead atoms. The maximum absolute atomic E-state index is 11.7. The van der Waals surface area contributed by atoms with E-state index in [1.54, 1.807) is 37.4 Å². The van der Waals surface area contributed by atoms with Crippen molar-refractivity contribution in [3.05, 3.63) is 100.0 Å². The highest BCUT2D eigenvalue weighted by Crippen LogP contribution is 2.36. The molecular formula is C19H17NO3. The van der Waals surface area contributed by atoms with Gasteiger partial charge in [0.1, 0.15) is 11.4 Å². The summed E-state index contributed by atoms with van der Waals surface area (Å²) in [5.74, 6) is 0.704. The number of pyridine rings is 1. The molecule has 23 heavy (non-hydrogen) atoms. The van der Waals surface area contributed by atoms with E-state index in [4.69, 9.17) is 4.74 Å². The van der Waals surface area contributed by atoms with Crippen LogP contribution < -0.4 is 10.3 Å². The van der Waals surface area contributed by atoms with Gasteiger partial charge in [0.05, 0.1) is 7.11 Å². The molecule has 1 atom stereocenters. The lowest BCUT2D eigenvalue weighted by Gasteiger charge is -2.30. The summed E-state index contributed by atoms with van der Waals surface area (Å²) < 4.78 is 5.18. The topological polar surface area (TPSA) is 62.3 Å². The number of methoxy groups -OCH3 is 1. The standard InChI is InChI=1S/C19H17NO3/c1-23-17-9-7-15(8-10-17)19(22,14-5-3-2-4-6-14)16-11-12-20-18(21)13-16/h2-13,22H,1H3,(H,20,21). The lowest BCUT2D eigenvalue weighted by molar-refractivity contribution is 0.125. The SMILES string of the molecule is COc1ccc(C(O)(c2ccccc2)c2cc[nH]c(=O)c2)cc1. The zero-order chi connectivity index (χ0) is 16.3. The number of benzene rings is 2. The van der Waals surface area contributed by atoms with Gasteiger partial charge in [-0.15, -0.1) is 0 Å². The largest absolute Gasteiger partial charge is 0.497 e. The van der Waals surface area contributed by atoms with Crippen molar-refractivity contribution >= 4 is 0 Å². The van der Waals surface area contributed by atoms with Crippen molar-refractivity contribution in [1.82, 2.24) is 4.98 Å². The number of aromatic nitrogens is 1. The lowest BCUT2D eigenvalue weighted by Crippen LogP contribution is -2.30. The molecule has 0 amide bonds. The molecule has 116 valence electrons. The van der Waals surface area contributed by atoms with Crippen molar-refractivity contribution in [2.75, 3.05) is 7.11 Å². The van der Waals surface area contributed by atoms with Crippen LogP contribution in [0.5, 0.6) is 5.75 Å². The first-order valence-electron chi connectivity index (χ1n) is 7.26. The second-order valence-electron chi connectivity index (χ2n) is 5.25. The van der Waals surface area contributed by atoms with Crippen molar-refractivity contribution in [1.29, 1.82) is 0 Å². The van der Waals surface area contributed by atoms with Gasteiger partial charge in [0, 0.05) is 12.3 Å². The molecular weight excluding hydrogens is 290 g/mol. The molecule has 3 aromatic rings. The normalized spacial score (nSPS) is 13.3. The van der Waals surface area contributed by atoms with Gasteiger partial charge in [-0.1, -0.05) is 42.5 Å². The number of rotatable bonds is 4. The molecule has 0 spiro atoms. The molecule has 1 aromatic heterocycles. The van der Waals surface area contributed by atoms with Crippen LogP contribution in [-0.2, 0) is 5.60 Å². The Kier molecular flexibility index (Phi) is 4.00. The summed E-state index contributed by atoms with van der Waals surface area (Å²) in [5.41, 5.74) is 0.191. The van der Waals surface area contributed by atoms with Gasteiger partial charge in [0.2, 0.25) is 5.56 Å². The van der Waals surface area contributed by atoms with Crippen LogP contribution in [0.2, 0.25) is 0 Å². The summed E-state index contributed by atoms with van der Waals surface area (Å²) in [6.07, 6.45) is 1.54. The highest BCUT2D eigenvalue weighted by atomic mass is 16.5. The van der Waals surface area contributed by atoms with Crippen LogP contribution in [0.25, 0.3) is 0 Å². The fraction of sp³-hybridized carbons (Fsp3) is 0.105. The molecule has 0 aliphatic heterocycles. The number of aromatic amines is 1. The molecule has 4 nitrogen and oxygen atoms in total. The number of hydrogen-bond acceptors (Lipinski definition) is 3. The van der Waals surface area contributed by atoms with Crippen LogP contribution in [-0.4, -0.2) is 17.2 Å². The summed E-state index contributed by atoms with van der Waals surface area (Å²) in [6.45, 7) is 0. The molecule has 0 fully saturated rings. The van der Waals surface area contributed by atoms with E-state index in [1.165, 1.54) is 12.3 Å². The Bertz CT molecular complexity index is 840. The van der Waals surface area contributed by atoms with Crippen LogP contribution in [0.15, 0.2) is 77.7 Å². The van der Waals surface area contributed by atoms with Crippen molar-refractivity contribution in [2.45, 2.75) is 5.60 Å². The fourth-order valence-corrected chi connectivity index (χ4v) is 2.68. The molecule has 2 aromatic carbocycles. The van der Waals surface area contributed by atoms with Crippen molar-refractivity contribution in [3.63, 3.8) is 0 Å². The maximum Gasteiger partial charge on any atom is 0.248 e. The van der Waals surface area contributed by atoms with Crippen LogP contribution >= 0.6 is 0 Å². The molecule has 0 aliphatic carbocycles. The third-order valence-electron chi connectivity index (χ3n) is 3.89. The van der Waals surface area contributed by atoms with Gasteiger partial charge < -0.3 is 14.8 Å². The molecule has 1 unspecified atom stereocenters. The Morgan fingerprint density at radius 1 is 0.913 bits per heavy atom. The summed E-state index contributed by atoms with van der Waals surface area (Å²) >= 11 is 0. The molecule has 0 saturated heterocycles. The highest BCUT2D eigenvalue weighted by Gasteiger charge is 2.34. The van der Waals surface area contributed by atoms with E-state index in [-0.39, 0.29) is 5.56 Å². The minimum absolute atomic E-state index is 0.259. The molecule has 0 aliphatic rings. The maximum atomic E-state index is 11.7. The zero-order valence-corrected chi connectivity index (χ0v) is 12.7. The van der Waals surface area contributed by atoms with Gasteiger partial charge in [-0.2, -0.15) is 0 Å². The molecule has 0 saturated carbocycles. The monoisotopic (exact) mass is 307 g/mol. The van der Waals surface area contributed by atoms with Gasteiger partial charge >= 0.3 is 0 Å². The number of ether oxygens (including phenoxy) is 1. The molecule has 1 heterocycles. The van der Waals surface area contributed by atoms with Crippen molar-refractivity contribution in [3.8, 4) is 5.75 Å². The van der Waals surface area contributed by atoms with Crippen LogP contribution in [0, 0.1) is 0 Å². The first kappa shape index (κ1) is 15.1. The van der Waals surface area contributed by atoms with E-state index < -0.39 is 5.60 Å². The molecule has 0 radical (unpaired) electrons. The van der Waals surface area contributed by atoms with Crippen molar-refractivity contribution < 1.29 is 9.84 Å². The smallest absolute Gasteiger partial charge is 0.248 e. The highest BCUT2D eigenvalue weighted by molar-refractivity contribution is 5.47. The minimum Gasteiger partial charge on any atom is -0.497 e. The fourth-order valence-electron chi connectivity index (χ4n) is 2.68. The molecule has 2 N–H and O–H groups in total. The number of hydrogen-bond donors (Lipinski definition) is 2. The Hall–Kier alpha value is -2.85. The summed E-state index contributed by atoms with van der Waals surface area (Å²) in [5, 5.41) is 11.5. The quantitative estimate of drug-likeness (QED) is 0.779. The van der Waals surface area contributed by atoms with E-state index in [0.717, 1.165) is 0 Å². The Labute approximate surface area is 134 Å². The summed E-state index contributed by atoms with van der Waals surface area (Å²) in [4.78, 5) is 14.3. The zero-order valence-electron chi connectivity index (χ0n) is 12.7. The number of H-pyrrole nitrogens is 1. The second-order valence-corrected chi connectivity index (χ2v) is 5.25. The average Bonchev–Trinajstić information content (AvgIpc) is 2.62. The Morgan fingerprint density at radius 2 is 1.57 bits per heavy atom. The second kappa shape index (κ2) is 6.10. The van der Waals surface area contributed by atoms with E-state index in [9.17, 15) is 9.90 Å². The van der Waals surface area contributed by atoms with E-state index in [0.29, 0.717) is 22.4 Å².